The highest BCUT2D eigenvalue weighted by atomic mass is 16.5. The molecule has 0 aliphatic heterocycles. The van der Waals surface area contributed by atoms with Gasteiger partial charge in [-0.3, -0.25) is 14.4 Å². The van der Waals surface area contributed by atoms with Crippen molar-refractivity contribution in [3.63, 3.8) is 0 Å². The predicted molar refractivity (Wildman–Crippen MR) is 134 cm³/mol. The number of anilines is 1. The zero-order chi connectivity index (χ0) is 25.5. The van der Waals surface area contributed by atoms with E-state index in [0.29, 0.717) is 29.5 Å². The highest BCUT2D eigenvalue weighted by Gasteiger charge is 2.15. The molecule has 1 unspecified atom stereocenters. The Kier molecular flexibility index (Phi) is 12.3. The van der Waals surface area contributed by atoms with Gasteiger partial charge in [0.25, 0.3) is 5.91 Å². The Balaban J connectivity index is 1.82. The van der Waals surface area contributed by atoms with Gasteiger partial charge < -0.3 is 20.3 Å². The van der Waals surface area contributed by atoms with Crippen molar-refractivity contribution in [1.29, 1.82) is 0 Å². The predicted octanol–water partition coefficient (Wildman–Crippen LogP) is 5.57. The average molecular weight is 485 g/mol. The third-order valence-corrected chi connectivity index (χ3v) is 5.77. The van der Waals surface area contributed by atoms with E-state index in [0.717, 1.165) is 51.4 Å². The second kappa shape index (κ2) is 15.5. The van der Waals surface area contributed by atoms with Gasteiger partial charge in [-0.2, -0.15) is 0 Å². The molecular weight excluding hydrogens is 448 g/mol. The van der Waals surface area contributed by atoms with Crippen molar-refractivity contribution in [2.24, 2.45) is 5.92 Å². The monoisotopic (exact) mass is 484 g/mol. The number of rotatable bonds is 17. The zero-order valence-corrected chi connectivity index (χ0v) is 20.4. The highest BCUT2D eigenvalue weighted by molar-refractivity contribution is 6.04. The van der Waals surface area contributed by atoms with Crippen molar-refractivity contribution in [3.05, 3.63) is 53.9 Å². The lowest BCUT2D eigenvalue weighted by Gasteiger charge is -2.15. The fraction of sp³-hybridized carbons (Fsp3) is 0.481. The van der Waals surface area contributed by atoms with Crippen LogP contribution in [-0.4, -0.2) is 39.6 Å². The van der Waals surface area contributed by atoms with E-state index in [1.165, 1.54) is 6.20 Å². The van der Waals surface area contributed by atoms with Crippen LogP contribution in [0.15, 0.2) is 42.6 Å². The molecule has 2 aromatic rings. The largest absolute Gasteiger partial charge is 0.491 e. The van der Waals surface area contributed by atoms with Crippen LogP contribution in [0.2, 0.25) is 0 Å². The summed E-state index contributed by atoms with van der Waals surface area (Å²) in [7, 11) is 0. The highest BCUT2D eigenvalue weighted by Crippen LogP contribution is 2.23. The fourth-order valence-electron chi connectivity index (χ4n) is 3.95. The Hall–Kier alpha value is -3.42. The minimum absolute atomic E-state index is 0.124. The lowest BCUT2D eigenvalue weighted by atomic mass is 9.91. The van der Waals surface area contributed by atoms with Crippen LogP contribution in [0.1, 0.15) is 80.8 Å². The van der Waals surface area contributed by atoms with E-state index < -0.39 is 17.8 Å². The SMILES string of the molecule is CCCCC(CCCCCOc1cccnc1C(=O)Nc1cccc(CC(=O)O)c1)CCC(=O)O. The number of ether oxygens (including phenoxy) is 1. The molecular formula is C27H36N2O6. The van der Waals surface area contributed by atoms with Crippen LogP contribution in [0, 0.1) is 5.92 Å². The molecule has 190 valence electrons. The van der Waals surface area contributed by atoms with Gasteiger partial charge in [0.1, 0.15) is 0 Å². The third kappa shape index (κ3) is 11.0. The first kappa shape index (κ1) is 27.8. The molecule has 0 fully saturated rings. The second-order valence-electron chi connectivity index (χ2n) is 8.71. The minimum atomic E-state index is -0.939. The standard InChI is InChI=1S/C27H36N2O6/c1-2-3-9-20(14-15-24(30)31)10-5-4-6-17-35-23-13-8-16-28-26(23)27(34)29-22-12-7-11-21(18-22)19-25(32)33/h7-8,11-13,16,18,20H,2-6,9-10,14-15,17,19H2,1H3,(H,29,34)(H,30,31)(H,32,33). The Morgan fingerprint density at radius 3 is 2.51 bits per heavy atom. The van der Waals surface area contributed by atoms with Crippen LogP contribution in [0.4, 0.5) is 5.69 Å². The summed E-state index contributed by atoms with van der Waals surface area (Å²) in [4.78, 5) is 38.7. The van der Waals surface area contributed by atoms with Gasteiger partial charge in [0.05, 0.1) is 13.0 Å². The number of carbonyl (C=O) groups excluding carboxylic acids is 1. The lowest BCUT2D eigenvalue weighted by molar-refractivity contribution is -0.138. The summed E-state index contributed by atoms with van der Waals surface area (Å²) < 4.78 is 5.84. The molecule has 0 spiro atoms. The van der Waals surface area contributed by atoms with Crippen molar-refractivity contribution < 1.29 is 29.3 Å². The number of carboxylic acids is 2. The summed E-state index contributed by atoms with van der Waals surface area (Å²) in [6.07, 6.45) is 9.52. The van der Waals surface area contributed by atoms with E-state index in [2.05, 4.69) is 17.2 Å². The molecule has 2 rings (SSSR count). The Morgan fingerprint density at radius 1 is 0.971 bits per heavy atom. The van der Waals surface area contributed by atoms with Gasteiger partial charge >= 0.3 is 11.9 Å². The first-order valence-electron chi connectivity index (χ1n) is 12.3. The molecule has 0 saturated carbocycles. The van der Waals surface area contributed by atoms with Crippen LogP contribution >= 0.6 is 0 Å². The van der Waals surface area contributed by atoms with Gasteiger partial charge in [-0.05, 0) is 48.6 Å². The van der Waals surface area contributed by atoms with Gasteiger partial charge in [-0.25, -0.2) is 4.98 Å². The van der Waals surface area contributed by atoms with Crippen molar-refractivity contribution >= 4 is 23.5 Å². The molecule has 0 aliphatic rings. The van der Waals surface area contributed by atoms with E-state index in [1.54, 1.807) is 36.4 Å². The second-order valence-corrected chi connectivity index (χ2v) is 8.71. The maximum atomic E-state index is 12.8. The molecule has 8 nitrogen and oxygen atoms in total. The number of amides is 1. The van der Waals surface area contributed by atoms with E-state index in [4.69, 9.17) is 14.9 Å². The topological polar surface area (TPSA) is 126 Å². The minimum Gasteiger partial charge on any atom is -0.491 e. The summed E-state index contributed by atoms with van der Waals surface area (Å²) in [5, 5.41) is 20.7. The number of hydrogen-bond acceptors (Lipinski definition) is 5. The zero-order valence-electron chi connectivity index (χ0n) is 20.4. The smallest absolute Gasteiger partial charge is 0.307 e. The lowest BCUT2D eigenvalue weighted by Crippen LogP contribution is -2.16. The van der Waals surface area contributed by atoms with Crippen LogP contribution in [0.25, 0.3) is 0 Å². The number of nitrogens with zero attached hydrogens (tertiary/aromatic N) is 1. The van der Waals surface area contributed by atoms with Crippen LogP contribution in [0.5, 0.6) is 5.75 Å². The van der Waals surface area contributed by atoms with Crippen molar-refractivity contribution in [1.82, 2.24) is 4.98 Å². The van der Waals surface area contributed by atoms with Crippen molar-refractivity contribution in [2.45, 2.75) is 71.1 Å². The van der Waals surface area contributed by atoms with E-state index in [1.807, 2.05) is 0 Å². The van der Waals surface area contributed by atoms with Gasteiger partial charge in [0, 0.05) is 18.3 Å². The number of nitrogens with one attached hydrogen (secondary N) is 1. The van der Waals surface area contributed by atoms with E-state index in [9.17, 15) is 14.4 Å². The Bertz CT molecular complexity index is 962. The Labute approximate surface area is 206 Å². The molecule has 0 radical (unpaired) electrons. The summed E-state index contributed by atoms with van der Waals surface area (Å²) in [6, 6.07) is 10.1. The number of carboxylic acid groups (broad SMARTS) is 2. The van der Waals surface area contributed by atoms with Gasteiger partial charge in [0.2, 0.25) is 0 Å². The maximum Gasteiger partial charge on any atom is 0.307 e. The summed E-state index contributed by atoms with van der Waals surface area (Å²) >= 11 is 0. The number of pyridine rings is 1. The number of aliphatic carboxylic acids is 2. The molecule has 0 aliphatic carbocycles. The summed E-state index contributed by atoms with van der Waals surface area (Å²) in [5.41, 5.74) is 1.25. The molecule has 1 atom stereocenters. The first-order valence-corrected chi connectivity index (χ1v) is 12.3. The quantitative estimate of drug-likeness (QED) is 0.251. The van der Waals surface area contributed by atoms with Crippen LogP contribution in [0.3, 0.4) is 0 Å². The van der Waals surface area contributed by atoms with Gasteiger partial charge in [0.15, 0.2) is 11.4 Å². The van der Waals surface area contributed by atoms with Crippen LogP contribution in [-0.2, 0) is 16.0 Å². The number of carbonyl (C=O) groups is 3. The molecule has 1 amide bonds. The number of aromatic nitrogens is 1. The number of unbranched alkanes of at least 4 members (excludes halogenated alkanes) is 3. The normalized spacial score (nSPS) is 11.6. The average Bonchev–Trinajstić information content (AvgIpc) is 2.82. The van der Waals surface area contributed by atoms with Crippen molar-refractivity contribution in [2.75, 3.05) is 11.9 Å². The Morgan fingerprint density at radius 2 is 1.77 bits per heavy atom. The number of benzene rings is 1. The molecule has 3 N–H and O–H groups in total. The number of hydrogen-bond donors (Lipinski definition) is 3. The molecule has 1 aromatic carbocycles. The van der Waals surface area contributed by atoms with E-state index in [-0.39, 0.29) is 18.5 Å². The molecule has 1 heterocycles. The summed E-state index contributed by atoms with van der Waals surface area (Å²) in [6.45, 7) is 2.60. The third-order valence-electron chi connectivity index (χ3n) is 5.77. The first-order chi connectivity index (χ1) is 16.9. The molecule has 0 saturated heterocycles. The van der Waals surface area contributed by atoms with Crippen LogP contribution < -0.4 is 10.1 Å². The maximum absolute atomic E-state index is 12.8. The molecule has 8 heteroatoms. The molecule has 1 aromatic heterocycles. The molecule has 35 heavy (non-hydrogen) atoms. The van der Waals surface area contributed by atoms with Gasteiger partial charge in [-0.15, -0.1) is 0 Å². The molecule has 0 bridgehead atoms. The van der Waals surface area contributed by atoms with Gasteiger partial charge in [-0.1, -0.05) is 57.6 Å². The fourth-order valence-corrected chi connectivity index (χ4v) is 3.95. The summed E-state index contributed by atoms with van der Waals surface area (Å²) in [5.74, 6) is -1.25. The van der Waals surface area contributed by atoms with E-state index >= 15 is 0 Å². The van der Waals surface area contributed by atoms with Crippen molar-refractivity contribution in [3.8, 4) is 5.75 Å².